The van der Waals surface area contributed by atoms with Gasteiger partial charge in [0.2, 0.25) is 0 Å². The Balaban J connectivity index is 1.20. The van der Waals surface area contributed by atoms with Crippen LogP contribution in [0.25, 0.3) is 77.2 Å². The smallest absolute Gasteiger partial charge is 0.0992 e. The quantitative estimate of drug-likeness (QED) is 0.199. The molecule has 2 aromatic heterocycles. The number of hydrogen-bond donors (Lipinski definition) is 0. The van der Waals surface area contributed by atoms with Gasteiger partial charge in [-0.3, -0.25) is 0 Å². The van der Waals surface area contributed by atoms with Gasteiger partial charge in [0.25, 0.3) is 0 Å². The van der Waals surface area contributed by atoms with Crippen molar-refractivity contribution in [2.24, 2.45) is 0 Å². The highest BCUT2D eigenvalue weighted by Crippen LogP contribution is 2.38. The van der Waals surface area contributed by atoms with E-state index >= 15 is 0 Å². The molecule has 0 atom stereocenters. The van der Waals surface area contributed by atoms with Crippen LogP contribution < -0.4 is 0 Å². The van der Waals surface area contributed by atoms with Gasteiger partial charge in [-0.25, -0.2) is 0 Å². The Morgan fingerprint density at radius 1 is 0.375 bits per heavy atom. The summed E-state index contributed by atoms with van der Waals surface area (Å²) in [6.07, 6.45) is 0. The van der Waals surface area contributed by atoms with Crippen LogP contribution in [0.4, 0.5) is 0 Å². The highest BCUT2D eigenvalue weighted by molar-refractivity contribution is 6.10. The van der Waals surface area contributed by atoms with Crippen molar-refractivity contribution in [1.82, 2.24) is 9.13 Å². The summed E-state index contributed by atoms with van der Waals surface area (Å²) >= 11 is 0. The predicted octanol–water partition coefficient (Wildman–Crippen LogP) is 11.0. The average Bonchev–Trinajstić information content (AvgIpc) is 3.67. The second-order valence-corrected chi connectivity index (χ2v) is 12.0. The third-order valence-corrected chi connectivity index (χ3v) is 9.36. The summed E-state index contributed by atoms with van der Waals surface area (Å²) in [4.78, 5) is 0. The number of para-hydroxylation sites is 4. The van der Waals surface area contributed by atoms with E-state index in [1.165, 1.54) is 21.8 Å². The highest BCUT2D eigenvalue weighted by atomic mass is 15.0. The SMILES string of the molecule is N#Cc1cc(-c2ccc(-n3c4ccccc4c4ccccc43)cc2)cc(-c2ccccc2-n2c3ccccc3c3ccc(C#N)cc32)c1. The molecule has 9 aromatic rings. The second kappa shape index (κ2) is 10.9. The molecule has 0 radical (unpaired) electrons. The van der Waals surface area contributed by atoms with E-state index in [4.69, 9.17) is 0 Å². The van der Waals surface area contributed by atoms with Crippen molar-refractivity contribution >= 4 is 43.6 Å². The maximum atomic E-state index is 10.2. The zero-order valence-electron chi connectivity index (χ0n) is 25.8. The minimum atomic E-state index is 0.595. The molecule has 0 fully saturated rings. The largest absolute Gasteiger partial charge is 0.309 e. The zero-order chi connectivity index (χ0) is 32.2. The molecule has 48 heavy (non-hydrogen) atoms. The molecule has 0 saturated carbocycles. The number of aromatic nitrogens is 2. The van der Waals surface area contributed by atoms with Crippen LogP contribution in [0.3, 0.4) is 0 Å². The van der Waals surface area contributed by atoms with E-state index in [0.29, 0.717) is 11.1 Å². The van der Waals surface area contributed by atoms with Gasteiger partial charge in [0.15, 0.2) is 0 Å². The van der Waals surface area contributed by atoms with Gasteiger partial charge < -0.3 is 9.13 Å². The number of benzene rings is 7. The minimum absolute atomic E-state index is 0.595. The average molecular weight is 611 g/mol. The molecule has 0 unspecified atom stereocenters. The maximum Gasteiger partial charge on any atom is 0.0992 e. The summed E-state index contributed by atoms with van der Waals surface area (Å²) in [5.41, 5.74) is 11.6. The van der Waals surface area contributed by atoms with Gasteiger partial charge >= 0.3 is 0 Å². The van der Waals surface area contributed by atoms with Gasteiger partial charge in [-0.15, -0.1) is 0 Å². The molecule has 0 amide bonds. The Hall–Kier alpha value is -6.88. The van der Waals surface area contributed by atoms with E-state index in [1.807, 2.05) is 54.6 Å². The molecule has 0 bridgehead atoms. The molecule has 2 heterocycles. The number of nitrogens with zero attached hydrogens (tertiary/aromatic N) is 4. The van der Waals surface area contributed by atoms with Gasteiger partial charge in [0.1, 0.15) is 0 Å². The lowest BCUT2D eigenvalue weighted by atomic mass is 9.95. The van der Waals surface area contributed by atoms with E-state index < -0.39 is 0 Å². The molecule has 0 N–H and O–H groups in total. The molecule has 9 rings (SSSR count). The fourth-order valence-electron chi connectivity index (χ4n) is 7.23. The van der Waals surface area contributed by atoms with E-state index in [1.54, 1.807) is 0 Å². The van der Waals surface area contributed by atoms with E-state index in [2.05, 4.69) is 124 Å². The van der Waals surface area contributed by atoms with Crippen molar-refractivity contribution < 1.29 is 0 Å². The predicted molar refractivity (Wildman–Crippen MR) is 195 cm³/mol. The van der Waals surface area contributed by atoms with E-state index in [0.717, 1.165) is 55.4 Å². The standard InChI is InChI=1S/C44H26N4/c45-27-29-17-22-39-38-12-4-8-16-43(38)48(44(39)25-29)40-13-5-1-9-35(40)33-24-30(28-46)23-32(26-33)31-18-20-34(21-19-31)47-41-14-6-2-10-36(41)37-11-3-7-15-42(37)47/h1-26H. The Kier molecular flexibility index (Phi) is 6.22. The molecule has 0 spiro atoms. The van der Waals surface area contributed by atoms with E-state index in [9.17, 15) is 10.5 Å². The monoisotopic (exact) mass is 610 g/mol. The summed E-state index contributed by atoms with van der Waals surface area (Å²) in [6.45, 7) is 0. The number of rotatable bonds is 4. The van der Waals surface area contributed by atoms with Gasteiger partial charge in [-0.05, 0) is 83.4 Å². The first kappa shape index (κ1) is 27.4. The Morgan fingerprint density at radius 2 is 0.917 bits per heavy atom. The fraction of sp³-hybridized carbons (Fsp3) is 0. The van der Waals surface area contributed by atoms with Crippen molar-refractivity contribution in [3.63, 3.8) is 0 Å². The summed E-state index contributed by atoms with van der Waals surface area (Å²) < 4.78 is 4.55. The van der Waals surface area contributed by atoms with Gasteiger partial charge in [0.05, 0.1) is 51.0 Å². The Bertz CT molecular complexity index is 2750. The molecular weight excluding hydrogens is 585 g/mol. The van der Waals surface area contributed by atoms with Crippen molar-refractivity contribution in [3.8, 4) is 45.8 Å². The van der Waals surface area contributed by atoms with Gasteiger partial charge in [-0.1, -0.05) is 91.0 Å². The van der Waals surface area contributed by atoms with Crippen molar-refractivity contribution in [2.75, 3.05) is 0 Å². The first-order chi connectivity index (χ1) is 23.7. The molecule has 0 aliphatic rings. The number of nitriles is 2. The van der Waals surface area contributed by atoms with Crippen LogP contribution in [0.1, 0.15) is 11.1 Å². The van der Waals surface area contributed by atoms with Crippen molar-refractivity contribution in [2.45, 2.75) is 0 Å². The lowest BCUT2D eigenvalue weighted by molar-refractivity contribution is 1.18. The molecule has 0 saturated heterocycles. The highest BCUT2D eigenvalue weighted by Gasteiger charge is 2.17. The van der Waals surface area contributed by atoms with Crippen LogP contribution in [-0.2, 0) is 0 Å². The molecular formula is C44H26N4. The molecule has 7 aromatic carbocycles. The molecule has 0 aliphatic carbocycles. The maximum absolute atomic E-state index is 10.2. The third-order valence-electron chi connectivity index (χ3n) is 9.36. The lowest BCUT2D eigenvalue weighted by Gasteiger charge is -2.15. The molecule has 4 heteroatoms. The summed E-state index contributed by atoms with van der Waals surface area (Å²) in [5.74, 6) is 0. The fourth-order valence-corrected chi connectivity index (χ4v) is 7.23. The second-order valence-electron chi connectivity index (χ2n) is 12.0. The molecule has 4 nitrogen and oxygen atoms in total. The molecule has 222 valence electrons. The van der Waals surface area contributed by atoms with Crippen LogP contribution in [0.15, 0.2) is 158 Å². The lowest BCUT2D eigenvalue weighted by Crippen LogP contribution is -1.98. The van der Waals surface area contributed by atoms with Gasteiger partial charge in [0, 0.05) is 32.8 Å². The Labute approximate surface area is 277 Å². The van der Waals surface area contributed by atoms with Crippen molar-refractivity contribution in [1.29, 1.82) is 10.5 Å². The first-order valence-corrected chi connectivity index (χ1v) is 15.9. The summed E-state index contributed by atoms with van der Waals surface area (Å²) in [6, 6.07) is 58.9. The minimum Gasteiger partial charge on any atom is -0.309 e. The van der Waals surface area contributed by atoms with Crippen LogP contribution in [-0.4, -0.2) is 9.13 Å². The Morgan fingerprint density at radius 3 is 1.56 bits per heavy atom. The number of hydrogen-bond acceptors (Lipinski definition) is 2. The summed E-state index contributed by atoms with van der Waals surface area (Å²) in [5, 5.41) is 24.6. The van der Waals surface area contributed by atoms with Crippen LogP contribution in [0, 0.1) is 22.7 Å². The number of fused-ring (bicyclic) bond motifs is 6. The topological polar surface area (TPSA) is 57.4 Å². The third kappa shape index (κ3) is 4.22. The van der Waals surface area contributed by atoms with Crippen LogP contribution in [0.2, 0.25) is 0 Å². The summed E-state index contributed by atoms with van der Waals surface area (Å²) in [7, 11) is 0. The van der Waals surface area contributed by atoms with Gasteiger partial charge in [-0.2, -0.15) is 10.5 Å². The van der Waals surface area contributed by atoms with Crippen LogP contribution >= 0.6 is 0 Å². The van der Waals surface area contributed by atoms with E-state index in [-0.39, 0.29) is 0 Å². The van der Waals surface area contributed by atoms with Crippen LogP contribution in [0.5, 0.6) is 0 Å². The molecule has 0 aliphatic heterocycles. The van der Waals surface area contributed by atoms with Crippen molar-refractivity contribution in [3.05, 3.63) is 169 Å². The zero-order valence-corrected chi connectivity index (χ0v) is 25.8. The first-order valence-electron chi connectivity index (χ1n) is 15.9. The normalized spacial score (nSPS) is 11.3.